The van der Waals surface area contributed by atoms with Crippen molar-refractivity contribution in [1.82, 2.24) is 0 Å². The monoisotopic (exact) mass is 1240 g/mol. The topological polar surface area (TPSA) is 198 Å². The molecule has 14 nitrogen and oxygen atoms in total. The molecule has 6 saturated carbocycles. The number of hydrogen-bond acceptors (Lipinski definition) is 17. The number of ketones is 4. The first-order chi connectivity index (χ1) is 43.4. The van der Waals surface area contributed by atoms with Crippen LogP contribution in [0.15, 0.2) is 143 Å². The quantitative estimate of drug-likeness (QED) is 0.0568. The number of nitrogens with zero attached hydrogens (tertiary/aromatic N) is 2. The SMILES string of the molecule is O=C1C(=Nc2cc3c(s2)-c2sc4c(c2C3(C(=O)OCc2ccccc2)C(=O)OCc2ccccc2)C(C(=O)OCc2ccccc2)(C(=O)OCc2ccccc2)c2cc(N=C3C(=O)C5CC6CCCCC6CC5C3=O)sc2-4)C(=O)C2CC3CCCCC3CC12. The first-order valence-electron chi connectivity index (χ1n) is 31.1. The summed E-state index contributed by atoms with van der Waals surface area (Å²) in [6.07, 6.45) is 11.0. The van der Waals surface area contributed by atoms with Crippen LogP contribution >= 0.6 is 34.0 Å². The van der Waals surface area contributed by atoms with Crippen LogP contribution in [0.25, 0.3) is 19.5 Å². The molecule has 0 spiro atoms. The molecule has 450 valence electrons. The Kier molecular flexibility index (Phi) is 14.8. The minimum absolute atomic E-state index is 0.0630. The Morgan fingerprint density at radius 3 is 0.921 bits per heavy atom. The second-order valence-corrected chi connectivity index (χ2v) is 28.3. The van der Waals surface area contributed by atoms with Gasteiger partial charge in [0.25, 0.3) is 0 Å². The molecule has 8 aliphatic carbocycles. The van der Waals surface area contributed by atoms with E-state index < -0.39 is 58.4 Å². The van der Waals surface area contributed by atoms with Crippen molar-refractivity contribution in [2.45, 2.75) is 114 Å². The van der Waals surface area contributed by atoms with Crippen LogP contribution in [-0.2, 0) is 94.6 Å². The predicted molar refractivity (Wildman–Crippen MR) is 335 cm³/mol. The Labute approximate surface area is 525 Å². The van der Waals surface area contributed by atoms with E-state index in [0.717, 1.165) is 85.4 Å². The highest BCUT2D eigenvalue weighted by atomic mass is 32.1. The standard InChI is InChI=1S/C72H62N2O12S3/c75-59-47-29-43-25-13-14-26-44(43)30-48(47)60(76)57(59)73-53-33-51-63(87-53)65-55(71(51,67(79)83-35-39-17-5-1-6-18-39)68(80)84-36-40-19-7-2-8-20-40)56-66(89-65)64-52(34-54(88-64)74-58-61(77)49-31-45-27-15-16-28-46(45)32-50(49)62(58)78)72(56,69(81)85-37-41-21-9-3-10-22-41)70(82)86-38-42-23-11-4-12-24-42/h1-12,17-24,33-34,43-50H,13-16,25-32,35-38H2. The normalized spacial score (nSPS) is 24.7. The van der Waals surface area contributed by atoms with Gasteiger partial charge in [-0.1, -0.05) is 173 Å². The van der Waals surface area contributed by atoms with Crippen molar-refractivity contribution in [3.05, 3.63) is 178 Å². The van der Waals surface area contributed by atoms with Gasteiger partial charge < -0.3 is 18.9 Å². The summed E-state index contributed by atoms with van der Waals surface area (Å²) in [6.45, 7) is -1.23. The zero-order valence-corrected chi connectivity index (χ0v) is 51.1. The second-order valence-electron chi connectivity index (χ2n) is 25.3. The van der Waals surface area contributed by atoms with Gasteiger partial charge in [0.2, 0.25) is 10.8 Å². The Balaban J connectivity index is 0.942. The van der Waals surface area contributed by atoms with E-state index in [1.54, 1.807) is 97.1 Å². The Bertz CT molecular complexity index is 3680. The molecule has 4 aromatic carbocycles. The summed E-state index contributed by atoms with van der Waals surface area (Å²) in [7, 11) is 0. The van der Waals surface area contributed by atoms with Gasteiger partial charge >= 0.3 is 23.9 Å². The summed E-state index contributed by atoms with van der Waals surface area (Å²) in [5.41, 5.74) is -3.20. The number of rotatable bonds is 14. The van der Waals surface area contributed by atoms with Gasteiger partial charge in [-0.2, -0.15) is 0 Å². The second kappa shape index (κ2) is 23.0. The summed E-state index contributed by atoms with van der Waals surface area (Å²) >= 11 is 3.26. The van der Waals surface area contributed by atoms with Crippen molar-refractivity contribution in [2.24, 2.45) is 57.3 Å². The van der Waals surface area contributed by atoms with Gasteiger partial charge in [-0.25, -0.2) is 9.98 Å². The number of esters is 4. The number of carbonyl (C=O) groups excluding carboxylic acids is 8. The van der Waals surface area contributed by atoms with E-state index >= 15 is 19.2 Å². The van der Waals surface area contributed by atoms with E-state index in [1.807, 2.05) is 24.3 Å². The van der Waals surface area contributed by atoms with E-state index in [4.69, 9.17) is 28.9 Å². The Morgan fingerprint density at radius 1 is 0.382 bits per heavy atom. The lowest BCUT2D eigenvalue weighted by molar-refractivity contribution is -0.167. The van der Waals surface area contributed by atoms with E-state index in [9.17, 15) is 19.2 Å². The molecular formula is C72H62N2O12S3. The van der Waals surface area contributed by atoms with Crippen molar-refractivity contribution < 1.29 is 57.3 Å². The molecule has 0 radical (unpaired) electrons. The third-order valence-electron chi connectivity index (χ3n) is 20.4. The maximum atomic E-state index is 16.3. The molecule has 8 atom stereocenters. The third-order valence-corrected chi connectivity index (χ3v) is 24.0. The summed E-state index contributed by atoms with van der Waals surface area (Å²) in [6, 6.07) is 38.8. The molecule has 0 amide bonds. The number of hydrogen-bond donors (Lipinski definition) is 0. The summed E-state index contributed by atoms with van der Waals surface area (Å²) in [4.78, 5) is 134. The number of ether oxygens (including phenoxy) is 4. The fourth-order valence-corrected chi connectivity index (χ4v) is 20.1. The molecule has 0 saturated heterocycles. The van der Waals surface area contributed by atoms with Gasteiger partial charge in [-0.3, -0.25) is 38.4 Å². The van der Waals surface area contributed by atoms with Gasteiger partial charge in [-0.15, -0.1) is 34.0 Å². The van der Waals surface area contributed by atoms with E-state index in [-0.39, 0.29) is 93.2 Å². The van der Waals surface area contributed by atoms with E-state index in [2.05, 4.69) is 0 Å². The third kappa shape index (κ3) is 9.50. The van der Waals surface area contributed by atoms with Crippen LogP contribution in [0, 0.1) is 47.3 Å². The van der Waals surface area contributed by atoms with Crippen LogP contribution in [0.4, 0.5) is 10.0 Å². The summed E-state index contributed by atoms with van der Waals surface area (Å²) in [5.74, 6) is -6.07. The molecule has 89 heavy (non-hydrogen) atoms. The Hall–Kier alpha value is -8.12. The zero-order chi connectivity index (χ0) is 60.7. The number of thiophene rings is 3. The van der Waals surface area contributed by atoms with Gasteiger partial charge in [-0.05, 0) is 83.7 Å². The molecule has 0 aliphatic heterocycles. The van der Waals surface area contributed by atoms with E-state index in [0.29, 0.717) is 91.1 Å². The lowest BCUT2D eigenvalue weighted by Gasteiger charge is -2.39. The van der Waals surface area contributed by atoms with Gasteiger partial charge in [0.1, 0.15) is 36.4 Å². The van der Waals surface area contributed by atoms with Crippen LogP contribution in [0.1, 0.15) is 122 Å². The largest absolute Gasteiger partial charge is 0.459 e. The molecule has 0 N–H and O–H groups in total. The molecule has 6 fully saturated rings. The number of Topliss-reactive ketones (excluding diaryl/α,β-unsaturated/α-hetero) is 4. The fourth-order valence-electron chi connectivity index (χ4n) is 16.2. The van der Waals surface area contributed by atoms with Crippen LogP contribution in [0.2, 0.25) is 0 Å². The molecule has 3 heterocycles. The molecule has 0 bridgehead atoms. The molecule has 8 unspecified atom stereocenters. The molecule has 3 aromatic heterocycles. The van der Waals surface area contributed by atoms with Gasteiger partial charge in [0.15, 0.2) is 34.6 Å². The maximum Gasteiger partial charge on any atom is 0.333 e. The highest BCUT2D eigenvalue weighted by Gasteiger charge is 2.69. The van der Waals surface area contributed by atoms with E-state index in [1.165, 1.54) is 12.1 Å². The van der Waals surface area contributed by atoms with Crippen molar-refractivity contribution >= 4 is 102 Å². The minimum atomic E-state index is -2.63. The van der Waals surface area contributed by atoms with Crippen molar-refractivity contribution in [2.75, 3.05) is 0 Å². The maximum absolute atomic E-state index is 16.3. The highest BCUT2D eigenvalue weighted by Crippen LogP contribution is 2.69. The average molecular weight is 1240 g/mol. The number of aliphatic imine (C=N–C) groups is 2. The molecular weight excluding hydrogens is 1180 g/mol. The lowest BCUT2D eigenvalue weighted by atomic mass is 9.64. The predicted octanol–water partition coefficient (Wildman–Crippen LogP) is 13.5. The zero-order valence-electron chi connectivity index (χ0n) is 48.7. The van der Waals surface area contributed by atoms with Gasteiger partial charge in [0, 0.05) is 45.9 Å². The number of benzene rings is 4. The highest BCUT2D eigenvalue weighted by molar-refractivity contribution is 7.29. The van der Waals surface area contributed by atoms with Crippen molar-refractivity contribution in [3.63, 3.8) is 0 Å². The number of carbonyl (C=O) groups is 8. The van der Waals surface area contributed by atoms with Gasteiger partial charge in [0.05, 0.1) is 19.5 Å². The van der Waals surface area contributed by atoms with Crippen LogP contribution in [-0.4, -0.2) is 58.4 Å². The average Bonchev–Trinajstić information content (AvgIpc) is 1.49. The summed E-state index contributed by atoms with van der Waals surface area (Å²) in [5, 5.41) is 0.351. The smallest absolute Gasteiger partial charge is 0.333 e. The first kappa shape index (κ1) is 57.3. The summed E-state index contributed by atoms with van der Waals surface area (Å²) < 4.78 is 25.5. The fraction of sp³-hybridized carbons (Fsp3) is 0.361. The van der Waals surface area contributed by atoms with Crippen LogP contribution in [0.5, 0.6) is 0 Å². The molecule has 7 aromatic rings. The minimum Gasteiger partial charge on any atom is -0.459 e. The van der Waals surface area contributed by atoms with Crippen molar-refractivity contribution in [1.29, 1.82) is 0 Å². The molecule has 17 heteroatoms. The van der Waals surface area contributed by atoms with Crippen molar-refractivity contribution in [3.8, 4) is 19.5 Å². The van der Waals surface area contributed by atoms with Crippen LogP contribution in [0.3, 0.4) is 0 Å². The Morgan fingerprint density at radius 2 is 0.652 bits per heavy atom. The molecule has 15 rings (SSSR count). The van der Waals surface area contributed by atoms with Crippen LogP contribution < -0.4 is 0 Å². The molecule has 8 aliphatic rings. The lowest BCUT2D eigenvalue weighted by Crippen LogP contribution is -2.50. The number of fused-ring (bicyclic) bond motifs is 11. The first-order valence-corrected chi connectivity index (χ1v) is 33.5.